The van der Waals surface area contributed by atoms with Crippen LogP contribution in [0.4, 0.5) is 10.1 Å². The molecular formula is C18H10FNO2S. The number of carboxylic acids is 1. The summed E-state index contributed by atoms with van der Waals surface area (Å²) in [5.74, 6) is -2.04. The highest BCUT2D eigenvalue weighted by Gasteiger charge is 2.17. The Labute approximate surface area is 136 Å². The van der Waals surface area contributed by atoms with Crippen LogP contribution in [0.2, 0.25) is 0 Å². The molecule has 0 aliphatic heterocycles. The van der Waals surface area contributed by atoms with E-state index in [2.05, 4.69) is 4.85 Å². The first kappa shape index (κ1) is 14.9. The third-order valence-corrected chi connectivity index (χ3v) is 4.52. The van der Waals surface area contributed by atoms with Crippen molar-refractivity contribution in [2.75, 3.05) is 0 Å². The number of carbonyl (C=O) groups is 1. The van der Waals surface area contributed by atoms with Gasteiger partial charge in [0.2, 0.25) is 0 Å². The van der Waals surface area contributed by atoms with Gasteiger partial charge in [0.25, 0.3) is 0 Å². The summed E-state index contributed by atoms with van der Waals surface area (Å²) in [5, 5.41) is 8.94. The first-order valence-corrected chi connectivity index (χ1v) is 7.51. The minimum atomic E-state index is -1.29. The third-order valence-electron chi connectivity index (χ3n) is 3.37. The van der Waals surface area contributed by atoms with E-state index in [1.54, 1.807) is 18.2 Å². The van der Waals surface area contributed by atoms with E-state index < -0.39 is 11.8 Å². The lowest BCUT2D eigenvalue weighted by Crippen LogP contribution is -1.93. The molecule has 1 N–H and O–H groups in total. The van der Waals surface area contributed by atoms with Crippen LogP contribution in [-0.4, -0.2) is 11.1 Å². The molecule has 0 radical (unpaired) electrons. The van der Waals surface area contributed by atoms with E-state index in [1.165, 1.54) is 6.07 Å². The second kappa shape index (κ2) is 6.03. The molecule has 23 heavy (non-hydrogen) atoms. The lowest BCUT2D eigenvalue weighted by molar-refractivity contribution is 0.0697. The Kier molecular flexibility index (Phi) is 3.92. The average Bonchev–Trinajstić information content (AvgIpc) is 2.97. The molecule has 0 bridgehead atoms. The van der Waals surface area contributed by atoms with Gasteiger partial charge in [-0.2, -0.15) is 0 Å². The molecule has 2 aromatic carbocycles. The lowest BCUT2D eigenvalue weighted by atomic mass is 10.0. The van der Waals surface area contributed by atoms with Crippen molar-refractivity contribution in [3.8, 4) is 21.6 Å². The predicted octanol–water partition coefficient (Wildman–Crippen LogP) is 5.47. The molecule has 0 fully saturated rings. The van der Waals surface area contributed by atoms with E-state index in [4.69, 9.17) is 11.7 Å². The zero-order valence-corrected chi connectivity index (χ0v) is 12.6. The van der Waals surface area contributed by atoms with Gasteiger partial charge in [-0.25, -0.2) is 14.0 Å². The normalized spacial score (nSPS) is 10.3. The molecule has 0 saturated carbocycles. The van der Waals surface area contributed by atoms with Gasteiger partial charge < -0.3 is 5.11 Å². The Morgan fingerprint density at radius 1 is 1.09 bits per heavy atom. The molecule has 1 aromatic heterocycles. The van der Waals surface area contributed by atoms with Crippen molar-refractivity contribution in [1.82, 2.24) is 0 Å². The van der Waals surface area contributed by atoms with E-state index >= 15 is 0 Å². The highest BCUT2D eigenvalue weighted by atomic mass is 32.1. The largest absolute Gasteiger partial charge is 0.477 e. The van der Waals surface area contributed by atoms with Crippen LogP contribution in [0, 0.1) is 12.4 Å². The molecule has 0 atom stereocenters. The zero-order valence-electron chi connectivity index (χ0n) is 11.8. The molecule has 112 valence electrons. The molecule has 1 heterocycles. The molecule has 5 heteroatoms. The van der Waals surface area contributed by atoms with Crippen LogP contribution in [0.5, 0.6) is 0 Å². The highest BCUT2D eigenvalue weighted by molar-refractivity contribution is 7.17. The van der Waals surface area contributed by atoms with Crippen LogP contribution in [0.1, 0.15) is 9.67 Å². The van der Waals surface area contributed by atoms with Crippen molar-refractivity contribution in [2.24, 2.45) is 0 Å². The summed E-state index contributed by atoms with van der Waals surface area (Å²) in [7, 11) is 0. The molecule has 3 nitrogen and oxygen atoms in total. The lowest BCUT2D eigenvalue weighted by Gasteiger charge is -2.06. The summed E-state index contributed by atoms with van der Waals surface area (Å²) in [6.45, 7) is 7.37. The molecule has 0 unspecified atom stereocenters. The Morgan fingerprint density at radius 3 is 2.43 bits per heavy atom. The SMILES string of the molecule is [C-]#[N+]c1cc(-c2cc(F)c(C(=O)O)s2)ccc1-c1ccccc1. The highest BCUT2D eigenvalue weighted by Crippen LogP contribution is 2.37. The number of aromatic carboxylic acids is 1. The number of thiophene rings is 1. The minimum Gasteiger partial charge on any atom is -0.477 e. The smallest absolute Gasteiger partial charge is 0.348 e. The van der Waals surface area contributed by atoms with Gasteiger partial charge in [-0.15, -0.1) is 11.3 Å². The fourth-order valence-corrected chi connectivity index (χ4v) is 3.17. The van der Waals surface area contributed by atoms with E-state index in [-0.39, 0.29) is 4.88 Å². The summed E-state index contributed by atoms with van der Waals surface area (Å²) in [4.78, 5) is 14.7. The van der Waals surface area contributed by atoms with E-state index in [0.717, 1.165) is 22.5 Å². The number of hydrogen-bond donors (Lipinski definition) is 1. The summed E-state index contributed by atoms with van der Waals surface area (Å²) in [6.07, 6.45) is 0. The molecule has 0 amide bonds. The van der Waals surface area contributed by atoms with Crippen molar-refractivity contribution in [1.29, 1.82) is 0 Å². The van der Waals surface area contributed by atoms with Crippen LogP contribution < -0.4 is 0 Å². The number of nitrogens with zero attached hydrogens (tertiary/aromatic N) is 1. The van der Waals surface area contributed by atoms with Gasteiger partial charge >= 0.3 is 5.97 Å². The monoisotopic (exact) mass is 323 g/mol. The fourth-order valence-electron chi connectivity index (χ4n) is 2.30. The van der Waals surface area contributed by atoms with Gasteiger partial charge in [0.15, 0.2) is 5.69 Å². The summed E-state index contributed by atoms with van der Waals surface area (Å²) in [6, 6.07) is 15.9. The Morgan fingerprint density at radius 2 is 1.83 bits per heavy atom. The van der Waals surface area contributed by atoms with E-state index in [0.29, 0.717) is 16.1 Å². The molecule has 3 rings (SSSR count). The van der Waals surface area contributed by atoms with Crippen molar-refractivity contribution in [2.45, 2.75) is 0 Å². The first-order chi connectivity index (χ1) is 11.1. The maximum Gasteiger partial charge on any atom is 0.348 e. The summed E-state index contributed by atoms with van der Waals surface area (Å²) >= 11 is 0.864. The van der Waals surface area contributed by atoms with Gasteiger partial charge in [0, 0.05) is 4.88 Å². The number of carboxylic acid groups (broad SMARTS) is 1. The van der Waals surface area contributed by atoms with Crippen LogP contribution >= 0.6 is 11.3 Å². The Balaban J connectivity index is 2.08. The fraction of sp³-hybridized carbons (Fsp3) is 0. The van der Waals surface area contributed by atoms with Crippen molar-refractivity contribution in [3.63, 3.8) is 0 Å². The predicted molar refractivity (Wildman–Crippen MR) is 88.4 cm³/mol. The summed E-state index contributed by atoms with van der Waals surface area (Å²) in [5.41, 5.74) is 2.79. The van der Waals surface area contributed by atoms with Crippen molar-refractivity contribution < 1.29 is 14.3 Å². The standard InChI is InChI=1S/C18H10FNO2S/c1-20-15-9-12(16-10-14(19)17(23-16)18(21)22)7-8-13(15)11-5-3-2-4-6-11/h2-10H,(H,21,22). The van der Waals surface area contributed by atoms with Crippen molar-refractivity contribution >= 4 is 23.0 Å². The number of benzene rings is 2. The Hall–Kier alpha value is -2.97. The third kappa shape index (κ3) is 2.85. The van der Waals surface area contributed by atoms with Crippen LogP contribution in [0.25, 0.3) is 26.4 Å². The minimum absolute atomic E-state index is 0.323. The Bertz CT molecular complexity index is 926. The molecule has 0 aliphatic rings. The first-order valence-electron chi connectivity index (χ1n) is 6.70. The average molecular weight is 323 g/mol. The number of rotatable bonds is 3. The zero-order chi connectivity index (χ0) is 16.4. The van der Waals surface area contributed by atoms with Gasteiger partial charge in [0.05, 0.1) is 6.57 Å². The van der Waals surface area contributed by atoms with Gasteiger partial charge in [-0.05, 0) is 28.8 Å². The van der Waals surface area contributed by atoms with Crippen LogP contribution in [0.3, 0.4) is 0 Å². The van der Waals surface area contributed by atoms with Crippen LogP contribution in [0.15, 0.2) is 54.6 Å². The molecular weight excluding hydrogens is 313 g/mol. The second-order valence-corrected chi connectivity index (χ2v) is 5.85. The second-order valence-electron chi connectivity index (χ2n) is 4.80. The molecule has 0 aliphatic carbocycles. The van der Waals surface area contributed by atoms with Gasteiger partial charge in [0.1, 0.15) is 10.7 Å². The topological polar surface area (TPSA) is 41.7 Å². The van der Waals surface area contributed by atoms with Crippen molar-refractivity contribution in [3.05, 3.63) is 76.7 Å². The summed E-state index contributed by atoms with van der Waals surface area (Å²) < 4.78 is 13.6. The maximum absolute atomic E-state index is 13.6. The van der Waals surface area contributed by atoms with Gasteiger partial charge in [-0.3, -0.25) is 0 Å². The maximum atomic E-state index is 13.6. The number of hydrogen-bond acceptors (Lipinski definition) is 2. The number of halogens is 1. The van der Waals surface area contributed by atoms with Crippen LogP contribution in [-0.2, 0) is 0 Å². The van der Waals surface area contributed by atoms with E-state index in [1.807, 2.05) is 30.3 Å². The molecule has 3 aromatic rings. The molecule has 0 spiro atoms. The molecule has 0 saturated heterocycles. The van der Waals surface area contributed by atoms with E-state index in [9.17, 15) is 9.18 Å². The van der Waals surface area contributed by atoms with Gasteiger partial charge in [-0.1, -0.05) is 42.5 Å². The quantitative estimate of drug-likeness (QED) is 0.649.